The molecule has 1 atom stereocenters. The van der Waals surface area contributed by atoms with Crippen molar-refractivity contribution in [3.8, 4) is 11.4 Å². The second kappa shape index (κ2) is 9.94. The third kappa shape index (κ3) is 5.62. The van der Waals surface area contributed by atoms with Gasteiger partial charge in [0.1, 0.15) is 11.6 Å². The number of nitrogens with one attached hydrogen (secondary N) is 2. The summed E-state index contributed by atoms with van der Waals surface area (Å²) >= 11 is 6.64. The first-order valence-electron chi connectivity index (χ1n) is 10.5. The molecular weight excluding hydrogens is 414 g/mol. The van der Waals surface area contributed by atoms with Gasteiger partial charge in [0.25, 0.3) is 0 Å². The first kappa shape index (κ1) is 21.3. The van der Waals surface area contributed by atoms with Crippen LogP contribution in [0.15, 0.2) is 30.3 Å². The Bertz CT molecular complexity index is 872. The van der Waals surface area contributed by atoms with Crippen molar-refractivity contribution in [2.75, 3.05) is 30.9 Å². The molecule has 1 aliphatic heterocycles. The first-order chi connectivity index (χ1) is 14.6. The zero-order valence-corrected chi connectivity index (χ0v) is 19.3. The van der Waals surface area contributed by atoms with Gasteiger partial charge in [-0.05, 0) is 49.3 Å². The lowest BCUT2D eigenvalue weighted by atomic mass is 10.1. The van der Waals surface area contributed by atoms with Gasteiger partial charge in [0.15, 0.2) is 10.9 Å². The number of morpholine rings is 1. The van der Waals surface area contributed by atoms with Crippen molar-refractivity contribution in [2.24, 2.45) is 0 Å². The van der Waals surface area contributed by atoms with E-state index in [0.717, 1.165) is 53.5 Å². The van der Waals surface area contributed by atoms with E-state index in [1.54, 1.807) is 0 Å². The molecule has 160 valence electrons. The summed E-state index contributed by atoms with van der Waals surface area (Å²) in [5, 5.41) is 7.33. The lowest BCUT2D eigenvalue weighted by Gasteiger charge is -2.34. The second-order valence-electron chi connectivity index (χ2n) is 7.93. The minimum atomic E-state index is 0.315. The molecule has 0 bridgehead atoms. The summed E-state index contributed by atoms with van der Waals surface area (Å²) < 4.78 is 5.60. The third-order valence-electron chi connectivity index (χ3n) is 5.33. The number of thiocarbonyl (C=S) groups is 1. The van der Waals surface area contributed by atoms with Crippen LogP contribution in [0.2, 0.25) is 0 Å². The minimum absolute atomic E-state index is 0.315. The summed E-state index contributed by atoms with van der Waals surface area (Å²) in [5.74, 6) is 2.71. The number of rotatable bonds is 7. The molecule has 30 heavy (non-hydrogen) atoms. The van der Waals surface area contributed by atoms with Crippen molar-refractivity contribution < 1.29 is 4.74 Å². The minimum Gasteiger partial charge on any atom is -0.377 e. The average molecular weight is 445 g/mol. The monoisotopic (exact) mass is 444 g/mol. The summed E-state index contributed by atoms with van der Waals surface area (Å²) in [6.07, 6.45) is 4.60. The Balaban J connectivity index is 1.49. The fraction of sp³-hybridized carbons (Fsp3) is 0.500. The van der Waals surface area contributed by atoms with E-state index >= 15 is 0 Å². The van der Waals surface area contributed by atoms with Crippen LogP contribution in [-0.4, -0.2) is 53.2 Å². The van der Waals surface area contributed by atoms with Crippen molar-refractivity contribution in [3.05, 3.63) is 41.6 Å². The normalized spacial score (nSPS) is 18.9. The van der Waals surface area contributed by atoms with Crippen LogP contribution in [0.4, 0.5) is 5.82 Å². The van der Waals surface area contributed by atoms with Gasteiger partial charge in [-0.3, -0.25) is 0 Å². The molecule has 0 amide bonds. The van der Waals surface area contributed by atoms with Crippen LogP contribution in [0, 0.1) is 0 Å². The summed E-state index contributed by atoms with van der Waals surface area (Å²) in [6, 6.07) is 11.5. The highest BCUT2D eigenvalue weighted by molar-refractivity contribution is 7.80. The fourth-order valence-corrected chi connectivity index (χ4v) is 4.21. The van der Waals surface area contributed by atoms with Crippen molar-refractivity contribution in [1.82, 2.24) is 20.6 Å². The molecule has 1 aromatic carbocycles. The third-order valence-corrected chi connectivity index (χ3v) is 6.23. The van der Waals surface area contributed by atoms with Crippen molar-refractivity contribution in [3.63, 3.8) is 0 Å². The molecule has 6 nitrogen and oxygen atoms in total. The predicted molar refractivity (Wildman–Crippen MR) is 129 cm³/mol. The van der Waals surface area contributed by atoms with E-state index in [1.165, 1.54) is 30.2 Å². The molecule has 2 aliphatic rings. The van der Waals surface area contributed by atoms with E-state index in [-0.39, 0.29) is 0 Å². The van der Waals surface area contributed by atoms with E-state index in [4.69, 9.17) is 26.9 Å². The number of nitrogens with zero attached hydrogens (tertiary/aromatic N) is 3. The Morgan fingerprint density at radius 3 is 2.77 bits per heavy atom. The van der Waals surface area contributed by atoms with Crippen LogP contribution in [0.3, 0.4) is 0 Å². The summed E-state index contributed by atoms with van der Waals surface area (Å²) in [4.78, 5) is 12.1. The Morgan fingerprint density at radius 2 is 2.07 bits per heavy atom. The Hall–Kier alpha value is -1.90. The van der Waals surface area contributed by atoms with Crippen molar-refractivity contribution >= 4 is 34.9 Å². The number of ether oxygens (including phenoxy) is 1. The summed E-state index contributed by atoms with van der Waals surface area (Å²) in [5.41, 5.74) is 3.30. The predicted octanol–water partition coefficient (Wildman–Crippen LogP) is 2.44. The van der Waals surface area contributed by atoms with Crippen molar-refractivity contribution in [1.29, 1.82) is 0 Å². The van der Waals surface area contributed by atoms with E-state index in [0.29, 0.717) is 18.6 Å². The van der Waals surface area contributed by atoms with Gasteiger partial charge in [-0.1, -0.05) is 24.3 Å². The second-order valence-corrected chi connectivity index (χ2v) is 9.29. The van der Waals surface area contributed by atoms with Crippen molar-refractivity contribution in [2.45, 2.75) is 44.1 Å². The number of hydrogen-bond acceptors (Lipinski definition) is 5. The van der Waals surface area contributed by atoms with Crippen LogP contribution in [0.5, 0.6) is 0 Å². The lowest BCUT2D eigenvalue weighted by molar-refractivity contribution is 0.0985. The van der Waals surface area contributed by atoms with E-state index in [1.807, 2.05) is 0 Å². The van der Waals surface area contributed by atoms with Crippen LogP contribution in [0.1, 0.15) is 31.0 Å². The van der Waals surface area contributed by atoms with Gasteiger partial charge in [0.05, 0.1) is 31.2 Å². The number of anilines is 1. The van der Waals surface area contributed by atoms with E-state index < -0.39 is 0 Å². The van der Waals surface area contributed by atoms with Crippen LogP contribution in [-0.2, 0) is 28.8 Å². The highest BCUT2D eigenvalue weighted by atomic mass is 32.2. The van der Waals surface area contributed by atoms with Gasteiger partial charge < -0.3 is 20.3 Å². The molecule has 4 rings (SSSR count). The Morgan fingerprint density at radius 1 is 1.27 bits per heavy atom. The van der Waals surface area contributed by atoms with Gasteiger partial charge in [-0.25, -0.2) is 9.97 Å². The highest BCUT2D eigenvalue weighted by Crippen LogP contribution is 2.24. The van der Waals surface area contributed by atoms with Gasteiger partial charge in [0, 0.05) is 30.8 Å². The maximum Gasteiger partial charge on any atom is 0.166 e. The maximum absolute atomic E-state index is 5.60. The highest BCUT2D eigenvalue weighted by Gasteiger charge is 2.23. The number of benzene rings is 1. The Labute approximate surface area is 188 Å². The molecule has 1 aliphatic carbocycles. The van der Waals surface area contributed by atoms with Gasteiger partial charge in [0.2, 0.25) is 0 Å². The summed E-state index contributed by atoms with van der Waals surface area (Å²) in [6.45, 7) is 5.23. The molecule has 1 saturated heterocycles. The molecule has 1 saturated carbocycles. The first-order valence-corrected chi connectivity index (χ1v) is 12.5. The largest absolute Gasteiger partial charge is 0.377 e. The Kier molecular flexibility index (Phi) is 7.07. The zero-order valence-electron chi connectivity index (χ0n) is 17.6. The molecule has 2 fully saturated rings. The standard InChI is InChI=1S/C22H29N5OS2/c1-15-13-28-10-9-27(15)20-11-19(14-30-2)24-21(26-20)17-5-3-16(4-6-17)12-23-22(29)25-18-7-8-18/h3-6,11,15,18H,7-10,12-14H2,1-2H3,(H2,23,25,29)/p+1/t15-/m0/s1. The number of hydrogen-bond donors (Lipinski definition) is 2. The molecule has 0 spiro atoms. The quantitative estimate of drug-likeness (QED) is 0.386. The van der Waals surface area contributed by atoms with Gasteiger partial charge in [-0.2, -0.15) is 0 Å². The van der Waals surface area contributed by atoms with Crippen LogP contribution >= 0.6 is 12.2 Å². The molecule has 2 heterocycles. The number of thiol groups is 1. The molecule has 8 heteroatoms. The summed E-state index contributed by atoms with van der Waals surface area (Å²) in [7, 11) is 0. The van der Waals surface area contributed by atoms with Gasteiger partial charge >= 0.3 is 0 Å². The molecule has 2 aromatic rings. The van der Waals surface area contributed by atoms with E-state index in [9.17, 15) is 0 Å². The fourth-order valence-electron chi connectivity index (χ4n) is 3.49. The molecular formula is C22H30N5OS2+. The topological polar surface area (TPSA) is 62.3 Å². The van der Waals surface area contributed by atoms with E-state index in [2.05, 4.69) is 59.0 Å². The average Bonchev–Trinajstić information content (AvgIpc) is 3.57. The number of aromatic nitrogens is 2. The van der Waals surface area contributed by atoms with Gasteiger partial charge in [-0.15, -0.1) is 0 Å². The maximum atomic E-state index is 5.60. The zero-order chi connectivity index (χ0) is 20.9. The smallest absolute Gasteiger partial charge is 0.166 e. The molecule has 2 N–H and O–H groups in total. The van der Waals surface area contributed by atoms with Crippen LogP contribution in [0.25, 0.3) is 11.4 Å². The lowest BCUT2D eigenvalue weighted by Crippen LogP contribution is -2.44. The van der Waals surface area contributed by atoms with Crippen LogP contribution < -0.4 is 15.5 Å². The SMILES string of the molecule is C[SH+]Cc1cc(N2CCOC[C@@H]2C)nc(-c2ccc(CNC(=S)NC3CC3)cc2)n1. The molecule has 0 radical (unpaired) electrons. The molecule has 0 unspecified atom stereocenters. The molecule has 1 aromatic heterocycles.